The maximum atomic E-state index is 14.1. The van der Waals surface area contributed by atoms with Crippen LogP contribution >= 0.6 is 0 Å². The molecule has 2 aliphatic rings. The van der Waals surface area contributed by atoms with E-state index in [1.165, 1.54) is 10.0 Å². The molecule has 3 aromatic carbocycles. The van der Waals surface area contributed by atoms with E-state index >= 15 is 0 Å². The van der Waals surface area contributed by atoms with Gasteiger partial charge in [0.15, 0.2) is 0 Å². The summed E-state index contributed by atoms with van der Waals surface area (Å²) in [7, 11) is 0. The number of hydrogen-bond donors (Lipinski definition) is 1. The zero-order valence-electron chi connectivity index (χ0n) is 22.1. The van der Waals surface area contributed by atoms with Gasteiger partial charge in [-0.2, -0.15) is 10.2 Å². The molecule has 2 unspecified atom stereocenters. The molecule has 7 nitrogen and oxygen atoms in total. The molecule has 2 heterocycles. The topological polar surface area (TPSA) is 85.6 Å². The fourth-order valence-corrected chi connectivity index (χ4v) is 5.38. The smallest absolute Gasteiger partial charge is 0.256 e. The Bertz CT molecular complexity index is 1340. The van der Waals surface area contributed by atoms with Crippen molar-refractivity contribution in [3.05, 3.63) is 89.5 Å². The lowest BCUT2D eigenvalue weighted by atomic mass is 9.71. The van der Waals surface area contributed by atoms with E-state index in [1.807, 2.05) is 82.3 Å². The van der Waals surface area contributed by atoms with Crippen molar-refractivity contribution < 1.29 is 14.7 Å². The van der Waals surface area contributed by atoms with Crippen molar-refractivity contribution in [1.29, 1.82) is 0 Å². The summed E-state index contributed by atoms with van der Waals surface area (Å²) in [6.07, 6.45) is 1.10. The second kappa shape index (κ2) is 10.2. The third kappa shape index (κ3) is 4.49. The van der Waals surface area contributed by atoms with E-state index in [4.69, 9.17) is 10.2 Å². The van der Waals surface area contributed by atoms with E-state index in [2.05, 4.69) is 0 Å². The predicted octanol–water partition coefficient (Wildman–Crippen LogP) is 5.95. The van der Waals surface area contributed by atoms with Crippen LogP contribution in [0.1, 0.15) is 49.3 Å². The normalized spacial score (nSPS) is 20.1. The van der Waals surface area contributed by atoms with Crippen molar-refractivity contribution in [2.24, 2.45) is 22.0 Å². The molecular weight excluding hydrogens is 476 g/mol. The second-order valence-corrected chi connectivity index (χ2v) is 9.94. The van der Waals surface area contributed by atoms with Gasteiger partial charge in [0.05, 0.1) is 34.6 Å². The Morgan fingerprint density at radius 2 is 1.18 bits per heavy atom. The van der Waals surface area contributed by atoms with E-state index in [1.54, 1.807) is 18.2 Å². The van der Waals surface area contributed by atoms with Crippen LogP contribution in [0.3, 0.4) is 0 Å². The first-order valence-electron chi connectivity index (χ1n) is 13.1. The van der Waals surface area contributed by atoms with Gasteiger partial charge in [-0.1, -0.05) is 61.4 Å². The molecule has 0 radical (unpaired) electrons. The zero-order valence-corrected chi connectivity index (χ0v) is 22.1. The van der Waals surface area contributed by atoms with E-state index in [0.29, 0.717) is 41.2 Å². The Hall–Kier alpha value is -4.26. The van der Waals surface area contributed by atoms with Gasteiger partial charge in [-0.05, 0) is 68.7 Å². The van der Waals surface area contributed by atoms with Crippen LogP contribution in [0.4, 0.5) is 11.4 Å². The summed E-state index contributed by atoms with van der Waals surface area (Å²) in [5.74, 6) is -2.21. The molecule has 3 aromatic rings. The molecule has 0 fully saturated rings. The Morgan fingerprint density at radius 3 is 1.58 bits per heavy atom. The molecule has 0 saturated heterocycles. The summed E-state index contributed by atoms with van der Waals surface area (Å²) < 4.78 is 0. The van der Waals surface area contributed by atoms with Crippen molar-refractivity contribution in [3.8, 4) is 5.75 Å². The predicted molar refractivity (Wildman–Crippen MR) is 151 cm³/mol. The lowest BCUT2D eigenvalue weighted by Gasteiger charge is -2.29. The second-order valence-electron chi connectivity index (χ2n) is 9.94. The monoisotopic (exact) mass is 508 g/mol. The minimum Gasteiger partial charge on any atom is -0.508 e. The van der Waals surface area contributed by atoms with Crippen LogP contribution in [-0.4, -0.2) is 28.3 Å². The average Bonchev–Trinajstić information content (AvgIpc) is 3.42. The van der Waals surface area contributed by atoms with Crippen LogP contribution in [0.15, 0.2) is 83.0 Å². The number of carbonyl (C=O) groups is 2. The number of nitrogens with zero attached hydrogens (tertiary/aromatic N) is 4. The minimum atomic E-state index is -0.674. The number of aryl methyl sites for hydroxylation is 2. The summed E-state index contributed by atoms with van der Waals surface area (Å²) >= 11 is 0. The first-order valence-corrected chi connectivity index (χ1v) is 13.1. The lowest BCUT2D eigenvalue weighted by Crippen LogP contribution is -2.40. The number of aromatic hydroxyl groups is 1. The molecular formula is C31H32N4O3. The number of amides is 2. The van der Waals surface area contributed by atoms with E-state index in [9.17, 15) is 14.7 Å². The minimum absolute atomic E-state index is 0.0825. The van der Waals surface area contributed by atoms with Gasteiger partial charge in [0, 0.05) is 5.92 Å². The quantitative estimate of drug-likeness (QED) is 0.428. The highest BCUT2D eigenvalue weighted by Crippen LogP contribution is 2.44. The molecule has 7 heteroatoms. The van der Waals surface area contributed by atoms with Crippen molar-refractivity contribution in [1.82, 2.24) is 0 Å². The summed E-state index contributed by atoms with van der Waals surface area (Å²) in [5, 5.41) is 22.8. The van der Waals surface area contributed by atoms with Gasteiger partial charge in [0.25, 0.3) is 11.8 Å². The SMILES string of the molecule is CCC1=NN(c2ccc(C)cc2)C(=O)C1C(c1cccc(O)c1)C1C(=O)N(c2ccc(C)cc2)N=C1CC. The number of hydrazone groups is 2. The highest BCUT2D eigenvalue weighted by molar-refractivity contribution is 6.20. The van der Waals surface area contributed by atoms with Crippen molar-refractivity contribution in [3.63, 3.8) is 0 Å². The Balaban J connectivity index is 1.61. The number of benzene rings is 3. The van der Waals surface area contributed by atoms with Crippen LogP contribution in [-0.2, 0) is 9.59 Å². The van der Waals surface area contributed by atoms with Crippen LogP contribution < -0.4 is 10.0 Å². The van der Waals surface area contributed by atoms with Crippen LogP contribution in [0.25, 0.3) is 0 Å². The first kappa shape index (κ1) is 25.4. The molecule has 2 aliphatic heterocycles. The highest BCUT2D eigenvalue weighted by atomic mass is 16.3. The molecule has 2 amide bonds. The average molecular weight is 509 g/mol. The van der Waals surface area contributed by atoms with Crippen molar-refractivity contribution in [2.45, 2.75) is 46.5 Å². The maximum Gasteiger partial charge on any atom is 0.256 e. The van der Waals surface area contributed by atoms with Gasteiger partial charge in [0.2, 0.25) is 0 Å². The Labute approximate surface area is 223 Å². The fraction of sp³-hybridized carbons (Fsp3) is 0.290. The molecule has 0 aliphatic carbocycles. The molecule has 0 aromatic heterocycles. The molecule has 0 spiro atoms. The molecule has 194 valence electrons. The molecule has 0 bridgehead atoms. The largest absolute Gasteiger partial charge is 0.508 e. The number of carbonyl (C=O) groups excluding carboxylic acids is 2. The van der Waals surface area contributed by atoms with E-state index in [0.717, 1.165) is 11.1 Å². The maximum absolute atomic E-state index is 14.1. The number of phenolic OH excluding ortho intramolecular Hbond substituents is 1. The van der Waals surface area contributed by atoms with Gasteiger partial charge in [0.1, 0.15) is 5.75 Å². The molecule has 1 N–H and O–H groups in total. The van der Waals surface area contributed by atoms with Gasteiger partial charge in [-0.3, -0.25) is 9.59 Å². The number of rotatable bonds is 7. The van der Waals surface area contributed by atoms with Crippen molar-refractivity contribution >= 4 is 34.6 Å². The van der Waals surface area contributed by atoms with Gasteiger partial charge >= 0.3 is 0 Å². The third-order valence-corrected chi connectivity index (χ3v) is 7.38. The van der Waals surface area contributed by atoms with Crippen LogP contribution in [0.2, 0.25) is 0 Å². The standard InChI is InChI=1S/C31H32N4O3/c1-5-25-28(30(37)34(32-25)22-14-10-19(3)11-15-22)27(21-8-7-9-24(36)18-21)29-26(6-2)33-35(31(29)38)23-16-12-20(4)13-17-23/h7-18,27-29,36H,5-6H2,1-4H3. The zero-order chi connectivity index (χ0) is 27.0. The molecule has 2 atom stereocenters. The summed E-state index contributed by atoms with van der Waals surface area (Å²) in [6, 6.07) is 22.2. The van der Waals surface area contributed by atoms with Gasteiger partial charge in [-0.25, -0.2) is 10.0 Å². The first-order chi connectivity index (χ1) is 18.3. The lowest BCUT2D eigenvalue weighted by molar-refractivity contribution is -0.122. The number of phenols is 1. The highest BCUT2D eigenvalue weighted by Gasteiger charge is 2.51. The fourth-order valence-electron chi connectivity index (χ4n) is 5.38. The van der Waals surface area contributed by atoms with Crippen molar-refractivity contribution in [2.75, 3.05) is 10.0 Å². The Kier molecular flexibility index (Phi) is 6.85. The Morgan fingerprint density at radius 1 is 0.737 bits per heavy atom. The van der Waals surface area contributed by atoms with E-state index in [-0.39, 0.29) is 17.6 Å². The van der Waals surface area contributed by atoms with Gasteiger partial charge in [-0.15, -0.1) is 0 Å². The number of anilines is 2. The van der Waals surface area contributed by atoms with E-state index < -0.39 is 17.8 Å². The van der Waals surface area contributed by atoms with Crippen LogP contribution in [0, 0.1) is 25.7 Å². The molecule has 0 saturated carbocycles. The molecule has 38 heavy (non-hydrogen) atoms. The van der Waals surface area contributed by atoms with Crippen LogP contribution in [0.5, 0.6) is 5.75 Å². The summed E-state index contributed by atoms with van der Waals surface area (Å²) in [4.78, 5) is 28.2. The number of hydrogen-bond acceptors (Lipinski definition) is 5. The summed E-state index contributed by atoms with van der Waals surface area (Å²) in [6.45, 7) is 7.94. The molecule has 5 rings (SSSR count). The summed E-state index contributed by atoms with van der Waals surface area (Å²) in [5.41, 5.74) is 5.68. The third-order valence-electron chi connectivity index (χ3n) is 7.38. The van der Waals surface area contributed by atoms with Gasteiger partial charge < -0.3 is 5.11 Å².